The summed E-state index contributed by atoms with van der Waals surface area (Å²) in [6.07, 6.45) is 4.16. The highest BCUT2D eigenvalue weighted by Gasteiger charge is 2.16. The Bertz CT molecular complexity index is 345. The quantitative estimate of drug-likeness (QED) is 0.583. The van der Waals surface area contributed by atoms with Crippen LogP contribution in [-0.2, 0) is 6.42 Å². The van der Waals surface area contributed by atoms with Crippen LogP contribution in [0.5, 0.6) is 0 Å². The Balaban J connectivity index is 2.73. The number of hydrogen-bond donors (Lipinski definition) is 2. The van der Waals surface area contributed by atoms with E-state index >= 15 is 0 Å². The average Bonchev–Trinajstić information content (AvgIpc) is 2.38. The van der Waals surface area contributed by atoms with E-state index in [1.165, 1.54) is 12.8 Å². The van der Waals surface area contributed by atoms with E-state index in [1.54, 1.807) is 0 Å². The predicted molar refractivity (Wildman–Crippen MR) is 80.0 cm³/mol. The van der Waals surface area contributed by atoms with Crippen LogP contribution in [0.2, 0.25) is 10.0 Å². The molecule has 0 aliphatic carbocycles. The molecule has 0 spiro atoms. The lowest BCUT2D eigenvalue weighted by molar-refractivity contribution is 0.367. The lowest BCUT2D eigenvalue weighted by Crippen LogP contribution is -2.38. The van der Waals surface area contributed by atoms with Gasteiger partial charge < -0.3 is 0 Å². The molecule has 1 aromatic carbocycles. The fraction of sp³-hybridized carbons (Fsp3) is 0.571. The van der Waals surface area contributed by atoms with Crippen molar-refractivity contribution in [1.82, 2.24) is 5.43 Å². The normalized spacial score (nSPS) is 13.0. The second-order valence-electron chi connectivity index (χ2n) is 4.69. The van der Waals surface area contributed by atoms with Gasteiger partial charge in [-0.3, -0.25) is 11.3 Å². The molecule has 0 saturated heterocycles. The first kappa shape index (κ1) is 15.8. The van der Waals surface area contributed by atoms with Gasteiger partial charge in [-0.25, -0.2) is 0 Å². The molecule has 0 saturated carbocycles. The predicted octanol–water partition coefficient (Wildman–Crippen LogP) is 4.19. The number of benzene rings is 1. The maximum Gasteiger partial charge on any atom is 0.0453 e. The Morgan fingerprint density at radius 3 is 2.17 bits per heavy atom. The van der Waals surface area contributed by atoms with Gasteiger partial charge in [0, 0.05) is 16.1 Å². The summed E-state index contributed by atoms with van der Waals surface area (Å²) in [5, 5.41) is 1.43. The highest BCUT2D eigenvalue weighted by Crippen LogP contribution is 2.27. The largest absolute Gasteiger partial charge is 0.271 e. The molecule has 3 N–H and O–H groups in total. The van der Waals surface area contributed by atoms with Crippen LogP contribution in [0.1, 0.15) is 38.7 Å². The average molecular weight is 289 g/mol. The van der Waals surface area contributed by atoms with Gasteiger partial charge in [0.2, 0.25) is 0 Å². The van der Waals surface area contributed by atoms with E-state index in [0.717, 1.165) is 18.4 Å². The molecule has 4 heteroatoms. The number of nitrogens with two attached hydrogens (primary N) is 1. The first-order valence-corrected chi connectivity index (χ1v) is 7.26. The van der Waals surface area contributed by atoms with Crippen molar-refractivity contribution in [1.29, 1.82) is 0 Å². The third-order valence-corrected chi connectivity index (χ3v) is 4.23. The van der Waals surface area contributed by atoms with Crippen LogP contribution in [0.4, 0.5) is 0 Å². The second-order valence-corrected chi connectivity index (χ2v) is 5.50. The molecule has 1 rings (SSSR count). The summed E-state index contributed by atoms with van der Waals surface area (Å²) in [5.41, 5.74) is 3.87. The third kappa shape index (κ3) is 4.43. The van der Waals surface area contributed by atoms with Crippen LogP contribution in [0, 0.1) is 5.92 Å². The van der Waals surface area contributed by atoms with Crippen LogP contribution in [-0.4, -0.2) is 6.04 Å². The van der Waals surface area contributed by atoms with Gasteiger partial charge in [-0.15, -0.1) is 0 Å². The molecule has 0 heterocycles. The molecule has 0 radical (unpaired) electrons. The van der Waals surface area contributed by atoms with Crippen molar-refractivity contribution in [3.8, 4) is 0 Å². The zero-order valence-corrected chi connectivity index (χ0v) is 12.6. The zero-order chi connectivity index (χ0) is 13.5. The Morgan fingerprint density at radius 2 is 1.72 bits per heavy atom. The van der Waals surface area contributed by atoms with Crippen molar-refractivity contribution in [2.24, 2.45) is 11.8 Å². The van der Waals surface area contributed by atoms with Crippen LogP contribution in [0.15, 0.2) is 18.2 Å². The van der Waals surface area contributed by atoms with Gasteiger partial charge in [-0.05, 0) is 36.5 Å². The number of hydrogen-bond acceptors (Lipinski definition) is 2. The minimum absolute atomic E-state index is 0.215. The maximum atomic E-state index is 6.18. The van der Waals surface area contributed by atoms with Crippen LogP contribution in [0.3, 0.4) is 0 Å². The summed E-state index contributed by atoms with van der Waals surface area (Å²) in [4.78, 5) is 0. The molecule has 1 aromatic rings. The minimum atomic E-state index is 0.215. The molecule has 0 aliphatic heterocycles. The van der Waals surface area contributed by atoms with Gasteiger partial charge in [-0.1, -0.05) is 56.0 Å². The molecule has 18 heavy (non-hydrogen) atoms. The topological polar surface area (TPSA) is 38.0 Å². The molecule has 0 aliphatic rings. The minimum Gasteiger partial charge on any atom is -0.271 e. The van der Waals surface area contributed by atoms with E-state index in [9.17, 15) is 0 Å². The van der Waals surface area contributed by atoms with Gasteiger partial charge in [0.1, 0.15) is 0 Å². The molecule has 0 aromatic heterocycles. The summed E-state index contributed by atoms with van der Waals surface area (Å²) in [6, 6.07) is 5.81. The number of nitrogens with one attached hydrogen (secondary N) is 1. The monoisotopic (exact) mass is 288 g/mol. The van der Waals surface area contributed by atoms with E-state index in [0.29, 0.717) is 16.0 Å². The molecule has 102 valence electrons. The zero-order valence-electron chi connectivity index (χ0n) is 11.0. The third-order valence-electron chi connectivity index (χ3n) is 3.52. The smallest absolute Gasteiger partial charge is 0.0453 e. The first-order valence-electron chi connectivity index (χ1n) is 6.51. The van der Waals surface area contributed by atoms with Crippen LogP contribution >= 0.6 is 23.2 Å². The van der Waals surface area contributed by atoms with Crippen molar-refractivity contribution in [2.45, 2.75) is 45.6 Å². The second kappa shape index (κ2) is 8.00. The van der Waals surface area contributed by atoms with Crippen molar-refractivity contribution < 1.29 is 0 Å². The SMILES string of the molecule is CCC(CC)CC(Cc1c(Cl)cccc1Cl)NN. The van der Waals surface area contributed by atoms with Gasteiger partial charge in [-0.2, -0.15) is 0 Å². The van der Waals surface area contributed by atoms with E-state index in [-0.39, 0.29) is 6.04 Å². The summed E-state index contributed by atoms with van der Waals surface area (Å²) in [5.74, 6) is 6.33. The number of rotatable bonds is 7. The Hall–Kier alpha value is -0.280. The fourth-order valence-electron chi connectivity index (χ4n) is 2.21. The lowest BCUT2D eigenvalue weighted by atomic mass is 9.92. The Morgan fingerprint density at radius 1 is 1.17 bits per heavy atom. The molecule has 1 atom stereocenters. The van der Waals surface area contributed by atoms with E-state index in [2.05, 4.69) is 19.3 Å². The first-order chi connectivity index (χ1) is 8.62. The van der Waals surface area contributed by atoms with E-state index in [4.69, 9.17) is 29.0 Å². The van der Waals surface area contributed by atoms with Gasteiger partial charge in [0.05, 0.1) is 0 Å². The fourth-order valence-corrected chi connectivity index (χ4v) is 2.76. The van der Waals surface area contributed by atoms with Gasteiger partial charge >= 0.3 is 0 Å². The Kier molecular flexibility index (Phi) is 7.02. The van der Waals surface area contributed by atoms with Crippen molar-refractivity contribution in [3.63, 3.8) is 0 Å². The number of halogens is 2. The molecule has 0 fully saturated rings. The number of hydrazine groups is 1. The van der Waals surface area contributed by atoms with Crippen LogP contribution in [0.25, 0.3) is 0 Å². The van der Waals surface area contributed by atoms with Gasteiger partial charge in [0.25, 0.3) is 0 Å². The van der Waals surface area contributed by atoms with Crippen molar-refractivity contribution >= 4 is 23.2 Å². The van der Waals surface area contributed by atoms with Gasteiger partial charge in [0.15, 0.2) is 0 Å². The van der Waals surface area contributed by atoms with Crippen molar-refractivity contribution in [3.05, 3.63) is 33.8 Å². The summed E-state index contributed by atoms with van der Waals surface area (Å²) < 4.78 is 0. The lowest BCUT2D eigenvalue weighted by Gasteiger charge is -2.22. The summed E-state index contributed by atoms with van der Waals surface area (Å²) >= 11 is 12.4. The molecule has 1 unspecified atom stereocenters. The van der Waals surface area contributed by atoms with E-state index in [1.807, 2.05) is 18.2 Å². The summed E-state index contributed by atoms with van der Waals surface area (Å²) in [6.45, 7) is 4.43. The standard InChI is InChI=1S/C14H22Cl2N2/c1-3-10(4-2)8-11(18-17)9-12-13(15)6-5-7-14(12)16/h5-7,10-11,18H,3-4,8-9,17H2,1-2H3. The molecular weight excluding hydrogens is 267 g/mol. The molecular formula is C14H22Cl2N2. The molecule has 0 amide bonds. The highest BCUT2D eigenvalue weighted by atomic mass is 35.5. The maximum absolute atomic E-state index is 6.18. The highest BCUT2D eigenvalue weighted by molar-refractivity contribution is 6.35. The summed E-state index contributed by atoms with van der Waals surface area (Å²) in [7, 11) is 0. The van der Waals surface area contributed by atoms with Crippen molar-refractivity contribution in [2.75, 3.05) is 0 Å². The molecule has 0 bridgehead atoms. The Labute approximate surface area is 120 Å². The molecule has 2 nitrogen and oxygen atoms in total. The van der Waals surface area contributed by atoms with Crippen LogP contribution < -0.4 is 11.3 Å². The van der Waals surface area contributed by atoms with E-state index < -0.39 is 0 Å².